The minimum absolute atomic E-state index is 0.0595. The second kappa shape index (κ2) is 9.34. The van der Waals surface area contributed by atoms with Crippen LogP contribution in [0.25, 0.3) is 0 Å². The lowest BCUT2D eigenvalue weighted by Gasteiger charge is -2.33. The van der Waals surface area contributed by atoms with Crippen LogP contribution in [-0.2, 0) is 9.59 Å². The molecule has 2 saturated heterocycles. The van der Waals surface area contributed by atoms with Gasteiger partial charge in [-0.25, -0.2) is 4.79 Å². The lowest BCUT2D eigenvalue weighted by atomic mass is 10.0. The fourth-order valence-corrected chi connectivity index (χ4v) is 5.01. The van der Waals surface area contributed by atoms with Gasteiger partial charge < -0.3 is 15.3 Å². The van der Waals surface area contributed by atoms with Crippen molar-refractivity contribution in [2.24, 2.45) is 5.92 Å². The summed E-state index contributed by atoms with van der Waals surface area (Å²) in [5.74, 6) is -2.12. The Morgan fingerprint density at radius 1 is 1.27 bits per heavy atom. The summed E-state index contributed by atoms with van der Waals surface area (Å²) in [7, 11) is 1.70. The van der Waals surface area contributed by atoms with E-state index in [9.17, 15) is 22.8 Å². The van der Waals surface area contributed by atoms with Gasteiger partial charge in [-0.15, -0.1) is 11.3 Å². The smallest absolute Gasteiger partial charge is 0.475 e. The molecular weight excluding hydrogens is 423 g/mol. The van der Waals surface area contributed by atoms with Crippen LogP contribution < -0.4 is 5.32 Å². The van der Waals surface area contributed by atoms with E-state index in [1.807, 2.05) is 23.3 Å². The maximum atomic E-state index is 12.7. The molecule has 0 unspecified atom stereocenters. The molecule has 11 heteroatoms. The molecule has 2 amide bonds. The number of carbonyl (C=O) groups is 3. The summed E-state index contributed by atoms with van der Waals surface area (Å²) in [4.78, 5) is 38.9. The fraction of sp³-hybridized carbons (Fsp3) is 0.632. The number of amides is 2. The first-order chi connectivity index (χ1) is 13.9. The van der Waals surface area contributed by atoms with Gasteiger partial charge in [-0.1, -0.05) is 0 Å². The number of likely N-dealkylation sites (tertiary alicyclic amines) is 2. The van der Waals surface area contributed by atoms with Gasteiger partial charge in [0.2, 0.25) is 5.91 Å². The minimum Gasteiger partial charge on any atom is -0.475 e. The molecule has 2 N–H and O–H groups in total. The van der Waals surface area contributed by atoms with Crippen LogP contribution >= 0.6 is 11.3 Å². The van der Waals surface area contributed by atoms with Crippen LogP contribution in [0.2, 0.25) is 0 Å². The molecule has 3 rings (SSSR count). The largest absolute Gasteiger partial charge is 0.490 e. The monoisotopic (exact) mass is 449 g/mol. The average molecular weight is 449 g/mol. The van der Waals surface area contributed by atoms with Gasteiger partial charge in [-0.2, -0.15) is 13.2 Å². The van der Waals surface area contributed by atoms with E-state index in [4.69, 9.17) is 9.90 Å². The molecule has 0 bridgehead atoms. The molecule has 7 nitrogen and oxygen atoms in total. The number of alkyl halides is 3. The van der Waals surface area contributed by atoms with Gasteiger partial charge in [0, 0.05) is 32.2 Å². The van der Waals surface area contributed by atoms with Crippen molar-refractivity contribution >= 4 is 29.1 Å². The van der Waals surface area contributed by atoms with Crippen molar-refractivity contribution < 1.29 is 32.7 Å². The molecule has 1 aromatic rings. The molecule has 3 heterocycles. The number of carboxylic acid groups (broad SMARTS) is 1. The highest BCUT2D eigenvalue weighted by atomic mass is 32.1. The molecule has 2 aliphatic rings. The van der Waals surface area contributed by atoms with Gasteiger partial charge in [0.05, 0.1) is 10.9 Å². The van der Waals surface area contributed by atoms with Gasteiger partial charge >= 0.3 is 12.1 Å². The van der Waals surface area contributed by atoms with Crippen LogP contribution in [0, 0.1) is 12.8 Å². The van der Waals surface area contributed by atoms with Crippen LogP contribution in [0.4, 0.5) is 13.2 Å². The number of hydrogen-bond donors (Lipinski definition) is 2. The van der Waals surface area contributed by atoms with E-state index in [0.29, 0.717) is 18.0 Å². The van der Waals surface area contributed by atoms with Crippen LogP contribution in [0.5, 0.6) is 0 Å². The number of carbonyl (C=O) groups excluding carboxylic acids is 2. The number of likely N-dealkylation sites (N-methyl/N-ethyl adjacent to an activating group) is 1. The van der Waals surface area contributed by atoms with Crippen molar-refractivity contribution in [2.45, 2.75) is 51.5 Å². The highest BCUT2D eigenvalue weighted by Gasteiger charge is 2.50. The fourth-order valence-electron chi connectivity index (χ4n) is 4.12. The first-order valence-corrected chi connectivity index (χ1v) is 10.4. The van der Waals surface area contributed by atoms with E-state index in [1.54, 1.807) is 7.05 Å². The molecule has 168 valence electrons. The molecular formula is C19H26F3N3O4S. The van der Waals surface area contributed by atoms with Crippen LogP contribution in [0.1, 0.15) is 35.5 Å². The number of nitrogens with zero attached hydrogens (tertiary/aromatic N) is 2. The Balaban J connectivity index is 0.000000396. The number of halogens is 3. The third-order valence-corrected chi connectivity index (χ3v) is 6.41. The van der Waals surface area contributed by atoms with Crippen molar-refractivity contribution in [3.8, 4) is 0 Å². The average Bonchev–Trinajstić information content (AvgIpc) is 3.33. The summed E-state index contributed by atoms with van der Waals surface area (Å²) in [6.45, 7) is 7.74. The Kier molecular flexibility index (Phi) is 7.51. The zero-order valence-electron chi connectivity index (χ0n) is 17.2. The lowest BCUT2D eigenvalue weighted by molar-refractivity contribution is -0.192. The summed E-state index contributed by atoms with van der Waals surface area (Å²) in [6, 6.07) is 2.53. The first-order valence-electron chi connectivity index (χ1n) is 9.51. The lowest BCUT2D eigenvalue weighted by Crippen LogP contribution is -2.50. The van der Waals surface area contributed by atoms with E-state index in [-0.39, 0.29) is 17.9 Å². The number of thiophene rings is 1. The number of aryl methyl sites for hydroxylation is 1. The van der Waals surface area contributed by atoms with E-state index in [0.717, 1.165) is 30.0 Å². The Morgan fingerprint density at radius 2 is 1.87 bits per heavy atom. The van der Waals surface area contributed by atoms with Gasteiger partial charge in [0.25, 0.3) is 5.91 Å². The maximum absolute atomic E-state index is 12.7. The van der Waals surface area contributed by atoms with Crippen LogP contribution in [0.15, 0.2) is 11.4 Å². The molecule has 1 aromatic heterocycles. The molecule has 2 fully saturated rings. The van der Waals surface area contributed by atoms with Gasteiger partial charge in [0.1, 0.15) is 0 Å². The zero-order chi connectivity index (χ0) is 22.8. The van der Waals surface area contributed by atoms with Crippen molar-refractivity contribution in [3.63, 3.8) is 0 Å². The predicted octanol–water partition coefficient (Wildman–Crippen LogP) is 2.36. The predicted molar refractivity (Wildman–Crippen MR) is 105 cm³/mol. The molecule has 3 atom stereocenters. The molecule has 2 aliphatic heterocycles. The molecule has 0 aliphatic carbocycles. The number of aliphatic carboxylic acids is 1. The maximum Gasteiger partial charge on any atom is 0.490 e. The van der Waals surface area contributed by atoms with Crippen molar-refractivity contribution in [3.05, 3.63) is 21.9 Å². The Labute approximate surface area is 176 Å². The van der Waals surface area contributed by atoms with Gasteiger partial charge in [0.15, 0.2) is 0 Å². The number of nitrogens with one attached hydrogen (secondary N) is 1. The van der Waals surface area contributed by atoms with E-state index in [2.05, 4.69) is 24.1 Å². The van der Waals surface area contributed by atoms with E-state index in [1.165, 1.54) is 11.3 Å². The van der Waals surface area contributed by atoms with E-state index < -0.39 is 12.1 Å². The molecule has 0 radical (unpaired) electrons. The number of rotatable bonds is 3. The summed E-state index contributed by atoms with van der Waals surface area (Å²) in [5.41, 5.74) is 1.06. The minimum atomic E-state index is -5.08. The highest BCUT2D eigenvalue weighted by Crippen LogP contribution is 2.38. The quantitative estimate of drug-likeness (QED) is 0.740. The van der Waals surface area contributed by atoms with Crippen molar-refractivity contribution in [1.82, 2.24) is 15.1 Å². The van der Waals surface area contributed by atoms with E-state index >= 15 is 0 Å². The van der Waals surface area contributed by atoms with Crippen LogP contribution in [0.3, 0.4) is 0 Å². The van der Waals surface area contributed by atoms with Gasteiger partial charge in [-0.3, -0.25) is 14.5 Å². The zero-order valence-corrected chi connectivity index (χ0v) is 18.0. The first kappa shape index (κ1) is 24.1. The van der Waals surface area contributed by atoms with Gasteiger partial charge in [-0.05, 0) is 50.1 Å². The molecule has 0 aromatic carbocycles. The summed E-state index contributed by atoms with van der Waals surface area (Å²) < 4.78 is 31.7. The third kappa shape index (κ3) is 5.12. The van der Waals surface area contributed by atoms with Crippen molar-refractivity contribution in [1.29, 1.82) is 0 Å². The normalized spacial score (nSPS) is 23.7. The number of carboxylic acids is 1. The topological polar surface area (TPSA) is 90.0 Å². The number of hydrogen-bond acceptors (Lipinski definition) is 5. The second-order valence-corrected chi connectivity index (χ2v) is 8.60. The Hall–Kier alpha value is -2.14. The summed E-state index contributed by atoms with van der Waals surface area (Å²) in [5, 5.41) is 11.9. The standard InChI is InChI=1S/C17H25N3O2S.C2HF3O2/c1-10(2)20-13(16(21)18-4)7-12-8-19(9-14(12)20)17(22)15-11(3)5-6-23-15;3-2(4,5)1(6)7/h5-6,10,12-14H,7-9H2,1-4H3,(H,18,21);(H,6,7)/t12-,13-,14+;/m1./s1. The highest BCUT2D eigenvalue weighted by molar-refractivity contribution is 7.12. The number of fused-ring (bicyclic) bond motifs is 1. The Bertz CT molecular complexity index is 796. The molecule has 30 heavy (non-hydrogen) atoms. The summed E-state index contributed by atoms with van der Waals surface area (Å²) >= 11 is 1.52. The second-order valence-electron chi connectivity index (χ2n) is 7.68. The summed E-state index contributed by atoms with van der Waals surface area (Å²) in [6.07, 6.45) is -4.24. The molecule has 0 spiro atoms. The SMILES string of the molecule is CNC(=O)[C@H]1C[C@@H]2CN(C(=O)c3sccc3C)C[C@@H]2N1C(C)C.O=C(O)C(F)(F)F. The molecule has 0 saturated carbocycles. The third-order valence-electron chi connectivity index (χ3n) is 5.41. The Morgan fingerprint density at radius 3 is 2.30 bits per heavy atom. The van der Waals surface area contributed by atoms with Crippen LogP contribution in [-0.4, -0.2) is 77.1 Å². The van der Waals surface area contributed by atoms with Crippen molar-refractivity contribution in [2.75, 3.05) is 20.1 Å².